The highest BCUT2D eigenvalue weighted by molar-refractivity contribution is 5.04. The van der Waals surface area contributed by atoms with Crippen LogP contribution < -0.4 is 5.32 Å². The first-order valence-corrected chi connectivity index (χ1v) is 4.62. The van der Waals surface area contributed by atoms with Gasteiger partial charge in [0.25, 0.3) is 0 Å². The van der Waals surface area contributed by atoms with E-state index in [4.69, 9.17) is 0 Å². The smallest absolute Gasteiger partial charge is 0.118 e. The lowest BCUT2D eigenvalue weighted by Gasteiger charge is -2.38. The van der Waals surface area contributed by atoms with E-state index in [2.05, 4.69) is 12.2 Å². The van der Waals surface area contributed by atoms with Crippen molar-refractivity contribution in [3.63, 3.8) is 0 Å². The number of nitrogens with one attached hydrogen (secondary N) is 1. The highest BCUT2D eigenvalue weighted by atomic mass is 19.1. The summed E-state index contributed by atoms with van der Waals surface area (Å²) in [6.45, 7) is 3.06. The Morgan fingerprint density at radius 3 is 2.64 bits per heavy atom. The van der Waals surface area contributed by atoms with Crippen LogP contribution in [0.15, 0.2) is 0 Å². The zero-order valence-corrected chi connectivity index (χ0v) is 7.07. The summed E-state index contributed by atoms with van der Waals surface area (Å²) >= 11 is 0. The Bertz CT molecular complexity index is 156. The van der Waals surface area contributed by atoms with Crippen LogP contribution in [0.3, 0.4) is 0 Å². The van der Waals surface area contributed by atoms with Gasteiger partial charge in [-0.25, -0.2) is 4.39 Å². The van der Waals surface area contributed by atoms with E-state index in [1.54, 1.807) is 0 Å². The number of alkyl halides is 1. The Balaban J connectivity index is 2.06. The van der Waals surface area contributed by atoms with Crippen molar-refractivity contribution in [3.05, 3.63) is 0 Å². The summed E-state index contributed by atoms with van der Waals surface area (Å²) in [6.07, 6.45) is 3.61. The van der Waals surface area contributed by atoms with Gasteiger partial charge in [0, 0.05) is 5.54 Å². The maximum Gasteiger partial charge on any atom is 0.118 e. The first-order valence-electron chi connectivity index (χ1n) is 4.62. The topological polar surface area (TPSA) is 12.0 Å². The van der Waals surface area contributed by atoms with Crippen LogP contribution in [-0.4, -0.2) is 18.3 Å². The molecular formula is C9H16FN. The van der Waals surface area contributed by atoms with Gasteiger partial charge in [0.05, 0.1) is 0 Å². The molecule has 2 unspecified atom stereocenters. The fourth-order valence-corrected chi connectivity index (χ4v) is 2.13. The van der Waals surface area contributed by atoms with Crippen LogP contribution >= 0.6 is 0 Å². The molecule has 2 aliphatic rings. The summed E-state index contributed by atoms with van der Waals surface area (Å²) in [5.74, 6) is 0.623. The molecule has 1 aliphatic carbocycles. The molecule has 0 radical (unpaired) electrons. The van der Waals surface area contributed by atoms with Crippen molar-refractivity contribution in [2.75, 3.05) is 6.54 Å². The van der Waals surface area contributed by atoms with Crippen LogP contribution in [0.25, 0.3) is 0 Å². The third kappa shape index (κ3) is 1.18. The molecule has 0 aromatic rings. The molecule has 0 aromatic carbocycles. The summed E-state index contributed by atoms with van der Waals surface area (Å²) < 4.78 is 13.5. The van der Waals surface area contributed by atoms with Crippen LogP contribution in [-0.2, 0) is 0 Å². The number of rotatable bonds is 1. The lowest BCUT2D eigenvalue weighted by Crippen LogP contribution is -2.55. The Labute approximate surface area is 67.4 Å². The van der Waals surface area contributed by atoms with Gasteiger partial charge >= 0.3 is 0 Å². The van der Waals surface area contributed by atoms with E-state index in [0.717, 1.165) is 19.4 Å². The van der Waals surface area contributed by atoms with Gasteiger partial charge in [-0.1, -0.05) is 0 Å². The second-order valence-electron chi connectivity index (χ2n) is 4.09. The normalized spacial score (nSPS) is 45.8. The summed E-state index contributed by atoms with van der Waals surface area (Å²) in [7, 11) is 0. The van der Waals surface area contributed by atoms with Gasteiger partial charge in [-0.15, -0.1) is 0 Å². The number of halogens is 1. The van der Waals surface area contributed by atoms with Gasteiger partial charge < -0.3 is 5.32 Å². The van der Waals surface area contributed by atoms with Crippen molar-refractivity contribution < 1.29 is 4.39 Å². The SMILES string of the molecule is CC1(C2CC2)NCCCC1F. The van der Waals surface area contributed by atoms with Gasteiger partial charge in [0.15, 0.2) is 0 Å². The Hall–Kier alpha value is -0.110. The molecule has 1 N–H and O–H groups in total. The van der Waals surface area contributed by atoms with Crippen LogP contribution in [0.5, 0.6) is 0 Å². The molecule has 0 amide bonds. The largest absolute Gasteiger partial charge is 0.309 e. The minimum Gasteiger partial charge on any atom is -0.309 e. The minimum atomic E-state index is -0.608. The first kappa shape index (κ1) is 7.53. The highest BCUT2D eigenvalue weighted by Gasteiger charge is 2.48. The van der Waals surface area contributed by atoms with Gasteiger partial charge in [0.2, 0.25) is 0 Å². The molecule has 1 nitrogen and oxygen atoms in total. The Morgan fingerprint density at radius 1 is 1.36 bits per heavy atom. The summed E-state index contributed by atoms with van der Waals surface area (Å²) in [6, 6.07) is 0. The molecule has 0 spiro atoms. The third-order valence-corrected chi connectivity index (χ3v) is 3.22. The molecule has 2 atom stereocenters. The van der Waals surface area contributed by atoms with Gasteiger partial charge in [0.1, 0.15) is 6.17 Å². The fraction of sp³-hybridized carbons (Fsp3) is 1.00. The van der Waals surface area contributed by atoms with Crippen molar-refractivity contribution in [1.29, 1.82) is 0 Å². The summed E-state index contributed by atoms with van der Waals surface area (Å²) in [5.41, 5.74) is -0.168. The van der Waals surface area contributed by atoms with Crippen LogP contribution in [0.4, 0.5) is 4.39 Å². The molecular weight excluding hydrogens is 141 g/mol. The maximum atomic E-state index is 13.5. The average molecular weight is 157 g/mol. The third-order valence-electron chi connectivity index (χ3n) is 3.22. The molecule has 1 aliphatic heterocycles. The lowest BCUT2D eigenvalue weighted by atomic mass is 9.84. The van der Waals surface area contributed by atoms with E-state index < -0.39 is 6.17 Å². The predicted octanol–water partition coefficient (Wildman–Crippen LogP) is 1.88. The van der Waals surface area contributed by atoms with E-state index in [9.17, 15) is 4.39 Å². The second-order valence-corrected chi connectivity index (χ2v) is 4.09. The molecule has 64 valence electrons. The molecule has 1 saturated heterocycles. The highest BCUT2D eigenvalue weighted by Crippen LogP contribution is 2.44. The number of hydrogen-bond donors (Lipinski definition) is 1. The molecule has 1 saturated carbocycles. The monoisotopic (exact) mass is 157 g/mol. The molecule has 0 aromatic heterocycles. The molecule has 2 fully saturated rings. The van der Waals surface area contributed by atoms with Crippen LogP contribution in [0.1, 0.15) is 32.6 Å². The van der Waals surface area contributed by atoms with Crippen molar-refractivity contribution in [1.82, 2.24) is 5.32 Å². The molecule has 11 heavy (non-hydrogen) atoms. The van der Waals surface area contributed by atoms with Crippen LogP contribution in [0.2, 0.25) is 0 Å². The molecule has 2 heteroatoms. The minimum absolute atomic E-state index is 0.168. The van der Waals surface area contributed by atoms with E-state index in [1.165, 1.54) is 12.8 Å². The number of hydrogen-bond acceptors (Lipinski definition) is 1. The molecule has 1 heterocycles. The van der Waals surface area contributed by atoms with E-state index in [1.807, 2.05) is 0 Å². The van der Waals surface area contributed by atoms with E-state index in [-0.39, 0.29) is 5.54 Å². The Morgan fingerprint density at radius 2 is 2.09 bits per heavy atom. The van der Waals surface area contributed by atoms with E-state index >= 15 is 0 Å². The van der Waals surface area contributed by atoms with Crippen molar-refractivity contribution in [2.24, 2.45) is 5.92 Å². The first-order chi connectivity index (χ1) is 5.23. The Kier molecular flexibility index (Phi) is 1.67. The van der Waals surface area contributed by atoms with Gasteiger partial charge in [-0.2, -0.15) is 0 Å². The van der Waals surface area contributed by atoms with Crippen molar-refractivity contribution in [3.8, 4) is 0 Å². The van der Waals surface area contributed by atoms with Gasteiger partial charge in [-0.05, 0) is 45.1 Å². The standard InChI is InChI=1S/C9H16FN/c1-9(7-4-5-7)8(10)3-2-6-11-9/h7-8,11H,2-6H2,1H3. The summed E-state index contributed by atoms with van der Waals surface area (Å²) in [4.78, 5) is 0. The zero-order chi connectivity index (χ0) is 7.90. The molecule has 0 bridgehead atoms. The average Bonchev–Trinajstić information content (AvgIpc) is 2.77. The molecule has 2 rings (SSSR count). The van der Waals surface area contributed by atoms with Crippen LogP contribution in [0, 0.1) is 5.92 Å². The van der Waals surface area contributed by atoms with Crippen molar-refractivity contribution >= 4 is 0 Å². The second kappa shape index (κ2) is 2.44. The number of piperidine rings is 1. The van der Waals surface area contributed by atoms with E-state index in [0.29, 0.717) is 5.92 Å². The maximum absolute atomic E-state index is 13.5. The quantitative estimate of drug-likeness (QED) is 0.612. The summed E-state index contributed by atoms with van der Waals surface area (Å²) in [5, 5.41) is 3.33. The van der Waals surface area contributed by atoms with Crippen molar-refractivity contribution in [2.45, 2.75) is 44.3 Å². The zero-order valence-electron chi connectivity index (χ0n) is 7.07. The lowest BCUT2D eigenvalue weighted by molar-refractivity contribution is 0.103. The van der Waals surface area contributed by atoms with Gasteiger partial charge in [-0.3, -0.25) is 0 Å². The predicted molar refractivity (Wildman–Crippen MR) is 43.3 cm³/mol. The fourth-order valence-electron chi connectivity index (χ4n) is 2.13.